The number of carbonyl (C=O) groups is 1. The molecule has 0 bridgehead atoms. The monoisotopic (exact) mass is 412 g/mol. The summed E-state index contributed by atoms with van der Waals surface area (Å²) in [6.07, 6.45) is -1.01. The lowest BCUT2D eigenvalue weighted by atomic mass is 9.77. The molecule has 3 atom stereocenters. The average molecular weight is 412 g/mol. The van der Waals surface area contributed by atoms with E-state index in [4.69, 9.17) is 18.9 Å². The van der Waals surface area contributed by atoms with E-state index >= 15 is 0 Å². The van der Waals surface area contributed by atoms with E-state index in [1.165, 1.54) is 19.2 Å². The third-order valence-corrected chi connectivity index (χ3v) is 5.93. The van der Waals surface area contributed by atoms with Crippen LogP contribution < -0.4 is 18.9 Å². The zero-order chi connectivity index (χ0) is 21.2. The van der Waals surface area contributed by atoms with E-state index in [-0.39, 0.29) is 41.6 Å². The maximum atomic E-state index is 13.5. The van der Waals surface area contributed by atoms with Gasteiger partial charge < -0.3 is 34.3 Å². The smallest absolute Gasteiger partial charge is 0.206 e. The molecule has 8 nitrogen and oxygen atoms in total. The number of aliphatic hydroxyl groups excluding tert-OH is 1. The fourth-order valence-corrected chi connectivity index (χ4v) is 4.26. The van der Waals surface area contributed by atoms with E-state index in [1.807, 2.05) is 0 Å². The Morgan fingerprint density at radius 1 is 1.30 bits per heavy atom. The number of rotatable bonds is 3. The molecule has 5 rings (SSSR count). The Morgan fingerprint density at radius 2 is 2.10 bits per heavy atom. The second-order valence-electron chi connectivity index (χ2n) is 7.58. The zero-order valence-corrected chi connectivity index (χ0v) is 16.2. The van der Waals surface area contributed by atoms with E-state index in [0.717, 1.165) is 0 Å². The van der Waals surface area contributed by atoms with Gasteiger partial charge in [-0.2, -0.15) is 0 Å². The van der Waals surface area contributed by atoms with Gasteiger partial charge in [0.25, 0.3) is 0 Å². The summed E-state index contributed by atoms with van der Waals surface area (Å²) in [7, 11) is 1.38. The molecular formula is C22H20O8. The quantitative estimate of drug-likeness (QED) is 0.650. The number of Topliss-reactive ketones (excluding diaryl/α,β-unsaturated/α-hetero) is 1. The molecule has 30 heavy (non-hydrogen) atoms. The predicted molar refractivity (Wildman–Crippen MR) is 104 cm³/mol. The summed E-state index contributed by atoms with van der Waals surface area (Å²) < 4.78 is 22.7. The zero-order valence-electron chi connectivity index (χ0n) is 16.2. The van der Waals surface area contributed by atoms with Crippen molar-refractivity contribution in [2.75, 3.05) is 20.3 Å². The predicted octanol–water partition coefficient (Wildman–Crippen LogP) is 1.48. The minimum Gasteiger partial charge on any atom is -0.504 e. The summed E-state index contributed by atoms with van der Waals surface area (Å²) in [6, 6.07) is 5.91. The van der Waals surface area contributed by atoms with Crippen LogP contribution >= 0.6 is 0 Å². The maximum absolute atomic E-state index is 13.5. The third-order valence-electron chi connectivity index (χ3n) is 5.93. The number of aliphatic hydroxyl groups is 2. The Hall–Kier alpha value is -3.23. The summed E-state index contributed by atoms with van der Waals surface area (Å²) in [5, 5.41) is 30.9. The largest absolute Gasteiger partial charge is 0.504 e. The topological polar surface area (TPSA) is 115 Å². The van der Waals surface area contributed by atoms with Crippen LogP contribution in [-0.4, -0.2) is 53.6 Å². The number of benzene rings is 2. The second kappa shape index (κ2) is 6.38. The van der Waals surface area contributed by atoms with Crippen molar-refractivity contribution >= 4 is 5.78 Å². The standard InChI is InChI=1S/C22H20O8/c1-10(8-23)16-5-12-15(29-16)4-3-11-20(12)30-19-9-28-17-7-14(24)18(27-2)6-13(17)22(19,26)21(11)25/h3-4,6-7,16,19,23-24,26H,1,5,8-9H2,2H3/t16-,19-,22+/m0/s1. The maximum Gasteiger partial charge on any atom is 0.206 e. The van der Waals surface area contributed by atoms with Crippen LogP contribution in [0, 0.1) is 0 Å². The van der Waals surface area contributed by atoms with E-state index in [2.05, 4.69) is 6.58 Å². The lowest BCUT2D eigenvalue weighted by Gasteiger charge is -2.43. The van der Waals surface area contributed by atoms with Crippen LogP contribution in [0.4, 0.5) is 0 Å². The number of carbonyl (C=O) groups excluding carboxylic acids is 1. The van der Waals surface area contributed by atoms with Gasteiger partial charge >= 0.3 is 0 Å². The van der Waals surface area contributed by atoms with Crippen molar-refractivity contribution in [3.05, 3.63) is 53.1 Å². The van der Waals surface area contributed by atoms with Gasteiger partial charge in [-0.05, 0) is 23.8 Å². The molecule has 2 aromatic carbocycles. The first-order valence-electron chi connectivity index (χ1n) is 9.47. The minimum absolute atomic E-state index is 0.0856. The van der Waals surface area contributed by atoms with Crippen LogP contribution in [-0.2, 0) is 12.0 Å². The molecule has 3 N–H and O–H groups in total. The molecule has 0 saturated heterocycles. The van der Waals surface area contributed by atoms with Crippen LogP contribution in [0.25, 0.3) is 0 Å². The Morgan fingerprint density at radius 3 is 2.83 bits per heavy atom. The molecule has 0 unspecified atom stereocenters. The summed E-state index contributed by atoms with van der Waals surface area (Å²) in [5.74, 6) is 0.508. The molecule has 0 aromatic heterocycles. The van der Waals surface area contributed by atoms with Crippen molar-refractivity contribution in [1.29, 1.82) is 0 Å². The van der Waals surface area contributed by atoms with Gasteiger partial charge in [-0.1, -0.05) is 6.58 Å². The number of phenolic OH excluding ortho intramolecular Hbond substituents is 1. The van der Waals surface area contributed by atoms with Gasteiger partial charge in [-0.3, -0.25) is 4.79 Å². The van der Waals surface area contributed by atoms with Crippen molar-refractivity contribution in [3.8, 4) is 28.7 Å². The van der Waals surface area contributed by atoms with Crippen LogP contribution in [0.1, 0.15) is 21.5 Å². The van der Waals surface area contributed by atoms with Crippen molar-refractivity contribution in [1.82, 2.24) is 0 Å². The Bertz CT molecular complexity index is 1090. The number of fused-ring (bicyclic) bond motifs is 6. The number of aromatic hydroxyl groups is 1. The summed E-state index contributed by atoms with van der Waals surface area (Å²) >= 11 is 0. The molecule has 3 aliphatic rings. The molecule has 0 spiro atoms. The van der Waals surface area contributed by atoms with Crippen LogP contribution in [0.3, 0.4) is 0 Å². The first kappa shape index (κ1) is 18.8. The van der Waals surface area contributed by atoms with Gasteiger partial charge in [0, 0.05) is 23.6 Å². The summed E-state index contributed by atoms with van der Waals surface area (Å²) in [4.78, 5) is 13.5. The Labute approximate surface area is 171 Å². The lowest BCUT2D eigenvalue weighted by molar-refractivity contribution is -0.0802. The Kier molecular flexibility index (Phi) is 4.00. The third kappa shape index (κ3) is 2.37. The second-order valence-corrected chi connectivity index (χ2v) is 7.58. The van der Waals surface area contributed by atoms with E-state index < -0.39 is 23.6 Å². The van der Waals surface area contributed by atoms with Gasteiger partial charge in [0.15, 0.2) is 23.2 Å². The number of ether oxygens (including phenoxy) is 4. The van der Waals surface area contributed by atoms with E-state index in [9.17, 15) is 20.1 Å². The molecule has 0 fully saturated rings. The molecule has 3 aliphatic heterocycles. The fraction of sp³-hybridized carbons (Fsp3) is 0.318. The van der Waals surface area contributed by atoms with Crippen molar-refractivity contribution in [3.63, 3.8) is 0 Å². The van der Waals surface area contributed by atoms with E-state index in [0.29, 0.717) is 29.1 Å². The molecule has 0 saturated carbocycles. The molecule has 2 aromatic rings. The van der Waals surface area contributed by atoms with E-state index in [1.54, 1.807) is 12.1 Å². The number of methoxy groups -OCH3 is 1. The molecular weight excluding hydrogens is 392 g/mol. The molecule has 3 heterocycles. The first-order valence-corrected chi connectivity index (χ1v) is 9.47. The van der Waals surface area contributed by atoms with Crippen LogP contribution in [0.2, 0.25) is 0 Å². The summed E-state index contributed by atoms with van der Waals surface area (Å²) in [6.45, 7) is 3.52. The molecule has 0 aliphatic carbocycles. The highest BCUT2D eigenvalue weighted by Gasteiger charge is 2.56. The highest BCUT2D eigenvalue weighted by atomic mass is 16.6. The molecule has 156 valence electrons. The number of ketones is 1. The van der Waals surface area contributed by atoms with Gasteiger partial charge in [0.2, 0.25) is 5.78 Å². The SMILES string of the molecule is C=C(CO)[C@@H]1Cc2c(ccc3c2O[C@H]2COc4cc(O)c(OC)cc4[C@]2(O)C3=O)O1. The van der Waals surface area contributed by atoms with Gasteiger partial charge in [-0.25, -0.2) is 0 Å². The van der Waals surface area contributed by atoms with Crippen molar-refractivity contribution in [2.45, 2.75) is 24.2 Å². The van der Waals surface area contributed by atoms with Crippen LogP contribution in [0.15, 0.2) is 36.4 Å². The summed E-state index contributed by atoms with van der Waals surface area (Å²) in [5.41, 5.74) is -0.376. The van der Waals surface area contributed by atoms with Crippen LogP contribution in [0.5, 0.6) is 28.7 Å². The highest BCUT2D eigenvalue weighted by Crippen LogP contribution is 2.51. The highest BCUT2D eigenvalue weighted by molar-refractivity contribution is 6.07. The van der Waals surface area contributed by atoms with Gasteiger partial charge in [-0.15, -0.1) is 0 Å². The molecule has 0 radical (unpaired) electrons. The number of phenols is 1. The normalized spacial score (nSPS) is 25.6. The fourth-order valence-electron chi connectivity index (χ4n) is 4.26. The van der Waals surface area contributed by atoms with Gasteiger partial charge in [0.1, 0.15) is 30.0 Å². The van der Waals surface area contributed by atoms with Crippen molar-refractivity contribution in [2.24, 2.45) is 0 Å². The van der Waals surface area contributed by atoms with Gasteiger partial charge in [0.05, 0.1) is 19.3 Å². The first-order chi connectivity index (χ1) is 14.4. The Balaban J connectivity index is 1.61. The van der Waals surface area contributed by atoms with Crippen molar-refractivity contribution < 1.29 is 39.1 Å². The minimum atomic E-state index is -2.00. The molecule has 8 heteroatoms. The average Bonchev–Trinajstić information content (AvgIpc) is 3.19. The number of hydrogen-bond donors (Lipinski definition) is 3. The lowest BCUT2D eigenvalue weighted by Crippen LogP contribution is -2.57. The molecule has 0 amide bonds. The number of hydrogen-bond acceptors (Lipinski definition) is 8.